The molecule has 4 rings (SSSR count). The molecule has 190 valence electrons. The normalized spacial score (nSPS) is 11.7. The maximum absolute atomic E-state index is 12.4. The van der Waals surface area contributed by atoms with Gasteiger partial charge in [-0.15, -0.1) is 10.2 Å². The molecule has 9 heteroatoms. The van der Waals surface area contributed by atoms with Crippen molar-refractivity contribution >= 4 is 23.9 Å². The molecule has 0 unspecified atom stereocenters. The first-order valence-corrected chi connectivity index (χ1v) is 12.7. The number of hydrogen-bond acceptors (Lipinski definition) is 7. The lowest BCUT2D eigenvalue weighted by Crippen LogP contribution is -2.20. The van der Waals surface area contributed by atoms with Gasteiger partial charge in [0, 0.05) is 11.3 Å². The van der Waals surface area contributed by atoms with Crippen LogP contribution >= 0.6 is 11.8 Å². The highest BCUT2D eigenvalue weighted by Crippen LogP contribution is 2.30. The lowest BCUT2D eigenvalue weighted by atomic mass is 9.87. The van der Waals surface area contributed by atoms with E-state index in [9.17, 15) is 15.0 Å². The van der Waals surface area contributed by atoms with Gasteiger partial charge in [-0.05, 0) is 53.8 Å². The number of phenolic OH excluding ortho intramolecular Hbond substituents is 2. The van der Waals surface area contributed by atoms with Gasteiger partial charge in [0.15, 0.2) is 22.5 Å². The number of aromatic hydroxyl groups is 2. The number of amides is 1. The number of nitrogens with one attached hydrogen (secondary N) is 1. The Labute approximate surface area is 220 Å². The summed E-state index contributed by atoms with van der Waals surface area (Å²) in [5, 5.41) is 32.3. The van der Waals surface area contributed by atoms with Crippen LogP contribution in [0.2, 0.25) is 0 Å². The molecule has 0 fully saturated rings. The fraction of sp³-hybridized carbons (Fsp3) is 0.214. The molecule has 3 N–H and O–H groups in total. The molecule has 1 heterocycles. The van der Waals surface area contributed by atoms with E-state index < -0.39 is 0 Å². The summed E-state index contributed by atoms with van der Waals surface area (Å²) >= 11 is 1.26. The summed E-state index contributed by atoms with van der Waals surface area (Å²) < 4.78 is 1.95. The first-order chi connectivity index (χ1) is 17.6. The summed E-state index contributed by atoms with van der Waals surface area (Å²) in [6, 6.07) is 20.6. The van der Waals surface area contributed by atoms with Crippen molar-refractivity contribution in [1.29, 1.82) is 0 Å². The third-order valence-electron chi connectivity index (χ3n) is 5.67. The monoisotopic (exact) mass is 515 g/mol. The van der Waals surface area contributed by atoms with Crippen LogP contribution in [-0.4, -0.2) is 42.9 Å². The molecule has 0 bridgehead atoms. The fourth-order valence-corrected chi connectivity index (χ4v) is 4.30. The van der Waals surface area contributed by atoms with E-state index in [-0.39, 0.29) is 28.6 Å². The molecule has 1 aromatic heterocycles. The Morgan fingerprint density at radius 3 is 2.35 bits per heavy atom. The van der Waals surface area contributed by atoms with Gasteiger partial charge in [0.1, 0.15) is 0 Å². The average Bonchev–Trinajstić information content (AvgIpc) is 3.29. The first-order valence-electron chi connectivity index (χ1n) is 11.7. The van der Waals surface area contributed by atoms with Gasteiger partial charge in [-0.2, -0.15) is 5.10 Å². The maximum Gasteiger partial charge on any atom is 0.250 e. The number of hydrogen-bond donors (Lipinski definition) is 3. The van der Waals surface area contributed by atoms with Crippen LogP contribution in [0.15, 0.2) is 77.0 Å². The van der Waals surface area contributed by atoms with Gasteiger partial charge in [-0.3, -0.25) is 9.36 Å². The second kappa shape index (κ2) is 10.9. The van der Waals surface area contributed by atoms with Gasteiger partial charge >= 0.3 is 0 Å². The number of hydrazone groups is 1. The Balaban J connectivity index is 1.53. The van der Waals surface area contributed by atoms with Crippen LogP contribution in [0.1, 0.15) is 37.5 Å². The predicted octanol–water partition coefficient (Wildman–Crippen LogP) is 5.19. The third-order valence-corrected chi connectivity index (χ3v) is 6.60. The largest absolute Gasteiger partial charge is 0.504 e. The second-order valence-corrected chi connectivity index (χ2v) is 10.6. The van der Waals surface area contributed by atoms with Crippen molar-refractivity contribution in [2.24, 2.45) is 5.10 Å². The quantitative estimate of drug-likeness (QED) is 0.135. The van der Waals surface area contributed by atoms with Crippen LogP contribution < -0.4 is 5.43 Å². The molecule has 0 radical (unpaired) electrons. The Bertz CT molecular complexity index is 1420. The van der Waals surface area contributed by atoms with Crippen molar-refractivity contribution in [3.63, 3.8) is 0 Å². The molecular weight excluding hydrogens is 486 g/mol. The van der Waals surface area contributed by atoms with E-state index in [4.69, 9.17) is 0 Å². The summed E-state index contributed by atoms with van der Waals surface area (Å²) in [7, 11) is 0. The molecule has 0 saturated heterocycles. The zero-order chi connectivity index (χ0) is 26.6. The molecule has 0 aliphatic rings. The predicted molar refractivity (Wildman–Crippen MR) is 146 cm³/mol. The van der Waals surface area contributed by atoms with Gasteiger partial charge in [0.2, 0.25) is 0 Å². The number of nitrogens with zero attached hydrogens (tertiary/aromatic N) is 4. The highest BCUT2D eigenvalue weighted by molar-refractivity contribution is 7.99. The number of phenols is 2. The molecule has 3 aromatic carbocycles. The van der Waals surface area contributed by atoms with Crippen LogP contribution in [0.5, 0.6) is 11.5 Å². The van der Waals surface area contributed by atoms with Gasteiger partial charge in [-0.25, -0.2) is 5.43 Å². The maximum atomic E-state index is 12.4. The van der Waals surface area contributed by atoms with Crippen molar-refractivity contribution in [2.75, 3.05) is 5.75 Å². The fourth-order valence-electron chi connectivity index (χ4n) is 3.56. The lowest BCUT2D eigenvalue weighted by molar-refractivity contribution is -0.118. The zero-order valence-corrected chi connectivity index (χ0v) is 22.0. The summed E-state index contributed by atoms with van der Waals surface area (Å²) in [5.74, 6) is -0.0356. The molecule has 8 nitrogen and oxygen atoms in total. The van der Waals surface area contributed by atoms with Gasteiger partial charge < -0.3 is 10.2 Å². The van der Waals surface area contributed by atoms with E-state index in [1.165, 1.54) is 35.7 Å². The van der Waals surface area contributed by atoms with Crippen molar-refractivity contribution in [3.8, 4) is 28.6 Å². The Morgan fingerprint density at radius 2 is 1.70 bits per heavy atom. The minimum absolute atomic E-state index is 0.0443. The highest BCUT2D eigenvalue weighted by Gasteiger charge is 2.19. The number of aryl methyl sites for hydroxylation is 1. The number of benzene rings is 3. The van der Waals surface area contributed by atoms with Crippen molar-refractivity contribution in [3.05, 3.63) is 83.4 Å². The lowest BCUT2D eigenvalue weighted by Gasteiger charge is -2.19. The van der Waals surface area contributed by atoms with E-state index in [1.807, 2.05) is 47.9 Å². The SMILES string of the molecule is Cc1ccc(-n2c(SCC(=O)N/N=C\c3ccc(O)c(O)c3)nnc2-c2ccc(C(C)(C)C)cc2)cc1. The van der Waals surface area contributed by atoms with Gasteiger partial charge in [-0.1, -0.05) is 74.5 Å². The minimum atomic E-state index is -0.321. The van der Waals surface area contributed by atoms with Crippen molar-refractivity contribution in [1.82, 2.24) is 20.2 Å². The summed E-state index contributed by atoms with van der Waals surface area (Å²) in [6.45, 7) is 8.56. The molecule has 4 aromatic rings. The molecule has 0 aliphatic heterocycles. The van der Waals surface area contributed by atoms with E-state index in [1.54, 1.807) is 6.07 Å². The van der Waals surface area contributed by atoms with E-state index >= 15 is 0 Å². The van der Waals surface area contributed by atoms with Crippen LogP contribution in [0.3, 0.4) is 0 Å². The minimum Gasteiger partial charge on any atom is -0.504 e. The van der Waals surface area contributed by atoms with Crippen LogP contribution in [-0.2, 0) is 10.2 Å². The molecule has 37 heavy (non-hydrogen) atoms. The van der Waals surface area contributed by atoms with Crippen LogP contribution in [0.4, 0.5) is 0 Å². The van der Waals surface area contributed by atoms with Gasteiger partial charge in [0.25, 0.3) is 5.91 Å². The average molecular weight is 516 g/mol. The van der Waals surface area contributed by atoms with Crippen LogP contribution in [0, 0.1) is 6.92 Å². The third kappa shape index (κ3) is 6.37. The molecule has 0 saturated carbocycles. The number of thioether (sulfide) groups is 1. The van der Waals surface area contributed by atoms with Gasteiger partial charge in [0.05, 0.1) is 12.0 Å². The number of carbonyl (C=O) groups is 1. The van der Waals surface area contributed by atoms with Crippen molar-refractivity contribution < 1.29 is 15.0 Å². The molecule has 1 amide bonds. The molecule has 0 atom stereocenters. The summed E-state index contributed by atoms with van der Waals surface area (Å²) in [6.07, 6.45) is 1.38. The number of aromatic nitrogens is 3. The van der Waals surface area contributed by atoms with E-state index in [0.29, 0.717) is 16.5 Å². The topological polar surface area (TPSA) is 113 Å². The molecule has 0 spiro atoms. The standard InChI is InChI=1S/C28H29N5O3S/c1-18-5-12-22(13-6-18)33-26(20-8-10-21(11-9-20)28(2,3)4)31-32-27(33)37-17-25(36)30-29-16-19-7-14-23(34)24(35)15-19/h5-16,34-35H,17H2,1-4H3,(H,30,36)/b29-16-. The smallest absolute Gasteiger partial charge is 0.250 e. The molecule has 0 aliphatic carbocycles. The first kappa shape index (κ1) is 26.0. The summed E-state index contributed by atoms with van der Waals surface area (Å²) in [5.41, 5.74) is 7.25. The van der Waals surface area contributed by atoms with Crippen LogP contribution in [0.25, 0.3) is 17.1 Å². The Morgan fingerprint density at radius 1 is 1.00 bits per heavy atom. The number of carbonyl (C=O) groups excluding carboxylic acids is 1. The zero-order valence-electron chi connectivity index (χ0n) is 21.1. The Kier molecular flexibility index (Phi) is 7.63. The Hall–Kier alpha value is -4.11. The highest BCUT2D eigenvalue weighted by atomic mass is 32.2. The summed E-state index contributed by atoms with van der Waals surface area (Å²) in [4.78, 5) is 12.4. The number of rotatable bonds is 7. The van der Waals surface area contributed by atoms with E-state index in [2.05, 4.69) is 53.6 Å². The van der Waals surface area contributed by atoms with Crippen molar-refractivity contribution in [2.45, 2.75) is 38.3 Å². The second-order valence-electron chi connectivity index (χ2n) is 9.63. The molecular formula is C28H29N5O3S. The van der Waals surface area contributed by atoms with E-state index in [0.717, 1.165) is 16.8 Å².